The van der Waals surface area contributed by atoms with E-state index >= 15 is 0 Å². The third kappa shape index (κ3) is 15.4. The molecule has 210 valence electrons. The van der Waals surface area contributed by atoms with Gasteiger partial charge in [-0.1, -0.05) is 6.92 Å². The van der Waals surface area contributed by atoms with E-state index < -0.39 is 55.3 Å². The minimum atomic E-state index is -4.52. The number of aryl methyl sites for hydroxylation is 1. The van der Waals surface area contributed by atoms with Crippen LogP contribution in [0.15, 0.2) is 40.0 Å². The Morgan fingerprint density at radius 2 is 1.92 bits per heavy atom. The summed E-state index contributed by atoms with van der Waals surface area (Å²) in [5, 5.41) is 22.6. The fourth-order valence-corrected chi connectivity index (χ4v) is 2.72. The summed E-state index contributed by atoms with van der Waals surface area (Å²) in [5.74, 6) is -2.52. The van der Waals surface area contributed by atoms with Crippen molar-refractivity contribution in [1.82, 2.24) is 15.6 Å². The van der Waals surface area contributed by atoms with E-state index in [-0.39, 0.29) is 69.1 Å². The molecule has 0 aliphatic rings. The molecule has 0 aliphatic carbocycles. The van der Waals surface area contributed by atoms with E-state index in [0.717, 1.165) is 18.8 Å². The number of nitrogens with one attached hydrogen (secondary N) is 2. The fraction of sp³-hybridized carbons (Fsp3) is 0.440. The predicted octanol–water partition coefficient (Wildman–Crippen LogP) is 0.383. The average Bonchev–Trinajstić information content (AvgIpc) is 3.33. The largest absolute Gasteiger partial charge is 1.00 e. The topological polar surface area (TPSA) is 137 Å². The van der Waals surface area contributed by atoms with Gasteiger partial charge >= 0.3 is 57.6 Å². The van der Waals surface area contributed by atoms with Gasteiger partial charge in [0.25, 0.3) is 5.91 Å². The van der Waals surface area contributed by atoms with Crippen molar-refractivity contribution in [3.8, 4) is 11.5 Å². The van der Waals surface area contributed by atoms with Crippen LogP contribution in [-0.2, 0) is 4.79 Å². The molecule has 14 heteroatoms. The molecule has 0 saturated heterocycles. The number of hydrogen-bond acceptors (Lipinski definition) is 7. The van der Waals surface area contributed by atoms with Crippen molar-refractivity contribution in [3.05, 3.63) is 54.3 Å². The summed E-state index contributed by atoms with van der Waals surface area (Å²) in [5.41, 5.74) is 0.915. The first-order valence-corrected chi connectivity index (χ1v) is 11.5. The summed E-state index contributed by atoms with van der Waals surface area (Å²) < 4.78 is 56.4. The van der Waals surface area contributed by atoms with Crippen molar-refractivity contribution in [2.45, 2.75) is 64.5 Å². The molecule has 2 aromatic rings. The normalized spacial score (nSPS) is 13.4. The molecule has 9 nitrogen and oxygen atoms in total. The molecule has 0 aliphatic heterocycles. The van der Waals surface area contributed by atoms with Crippen molar-refractivity contribution < 1.29 is 93.2 Å². The van der Waals surface area contributed by atoms with Crippen molar-refractivity contribution in [1.29, 1.82) is 0 Å². The molecule has 1 aromatic carbocycles. The molecule has 0 fully saturated rings. The van der Waals surface area contributed by atoms with E-state index in [4.69, 9.17) is 16.1 Å². The van der Waals surface area contributed by atoms with Gasteiger partial charge in [-0.3, -0.25) is 9.59 Å². The Kier molecular flexibility index (Phi) is 17.5. The third-order valence-electron chi connectivity index (χ3n) is 4.77. The predicted molar refractivity (Wildman–Crippen MR) is 130 cm³/mol. The number of nitrogens with zero attached hydrogens (tertiary/aromatic N) is 2. The second kappa shape index (κ2) is 18.4. The van der Waals surface area contributed by atoms with Crippen molar-refractivity contribution >= 4 is 18.0 Å². The summed E-state index contributed by atoms with van der Waals surface area (Å²) in [6.45, 7) is 9.76. The number of halogens is 4. The zero-order chi connectivity index (χ0) is 28.9. The SMILES string of the molecule is CCC(C)O.[CH-]=CN=[C-]C(O)C(CCC(F)(F)F)NC(=O)CNC(=O)c1cnc(-c2cc(C)cc(F)c2)o1.[K+]. The van der Waals surface area contributed by atoms with E-state index in [2.05, 4.69) is 26.8 Å². The molecule has 0 bridgehead atoms. The van der Waals surface area contributed by atoms with Gasteiger partial charge in [0.15, 0.2) is 0 Å². The molecule has 3 atom stereocenters. The molecule has 3 unspecified atom stereocenters. The number of alkyl halides is 3. The molecule has 39 heavy (non-hydrogen) atoms. The van der Waals surface area contributed by atoms with Crippen LogP contribution in [0.2, 0.25) is 0 Å². The van der Waals surface area contributed by atoms with E-state index in [1.165, 1.54) is 12.1 Å². The van der Waals surface area contributed by atoms with Crippen LogP contribution in [0.1, 0.15) is 49.2 Å². The number of carbonyl (C=O) groups excluding carboxylic acids is 2. The minimum Gasteiger partial charge on any atom is -0.601 e. The van der Waals surface area contributed by atoms with Gasteiger partial charge in [-0.15, -0.1) is 6.21 Å². The van der Waals surface area contributed by atoms with Gasteiger partial charge in [0.2, 0.25) is 17.6 Å². The fourth-order valence-electron chi connectivity index (χ4n) is 2.72. The first-order valence-electron chi connectivity index (χ1n) is 11.5. The number of amides is 2. The van der Waals surface area contributed by atoms with E-state index in [1.54, 1.807) is 19.9 Å². The van der Waals surface area contributed by atoms with E-state index in [9.17, 15) is 32.3 Å². The molecular weight excluding hydrogens is 551 g/mol. The smallest absolute Gasteiger partial charge is 0.601 e. The molecule has 0 radical (unpaired) electrons. The number of aliphatic imine (C=N–C) groups is 1. The molecular formula is C25H30F4KN4O5-. The molecule has 1 heterocycles. The summed E-state index contributed by atoms with van der Waals surface area (Å²) in [4.78, 5) is 31.5. The number of rotatable bonds is 11. The summed E-state index contributed by atoms with van der Waals surface area (Å²) in [7, 11) is 0. The van der Waals surface area contributed by atoms with Gasteiger partial charge in [0.1, 0.15) is 5.82 Å². The number of aromatic nitrogens is 1. The van der Waals surface area contributed by atoms with Crippen LogP contribution in [-0.4, -0.2) is 64.2 Å². The Hall–Kier alpha value is -1.94. The molecule has 2 rings (SSSR count). The Morgan fingerprint density at radius 1 is 1.28 bits per heavy atom. The Balaban J connectivity index is 0.00000220. The van der Waals surface area contributed by atoms with Crippen LogP contribution in [0, 0.1) is 19.3 Å². The first-order chi connectivity index (χ1) is 17.7. The van der Waals surface area contributed by atoms with E-state index in [0.29, 0.717) is 11.1 Å². The average molecular weight is 582 g/mol. The second-order valence-corrected chi connectivity index (χ2v) is 8.17. The van der Waals surface area contributed by atoms with Crippen LogP contribution in [0.3, 0.4) is 0 Å². The summed E-state index contributed by atoms with van der Waals surface area (Å²) >= 11 is 0. The van der Waals surface area contributed by atoms with Crippen LogP contribution in [0.5, 0.6) is 0 Å². The Labute approximate surface area is 266 Å². The number of oxazole rings is 1. The Bertz CT molecular complexity index is 1070. The van der Waals surface area contributed by atoms with E-state index in [1.807, 2.05) is 6.92 Å². The Morgan fingerprint density at radius 3 is 2.46 bits per heavy atom. The van der Waals surface area contributed by atoms with Gasteiger partial charge in [-0.25, -0.2) is 9.37 Å². The van der Waals surface area contributed by atoms with Crippen LogP contribution >= 0.6 is 0 Å². The third-order valence-corrected chi connectivity index (χ3v) is 4.77. The zero-order valence-corrected chi connectivity index (χ0v) is 25.2. The molecule has 0 saturated carbocycles. The van der Waals surface area contributed by atoms with Crippen LogP contribution in [0.25, 0.3) is 11.5 Å². The monoisotopic (exact) mass is 581 g/mol. The van der Waals surface area contributed by atoms with Gasteiger partial charge in [0.05, 0.1) is 18.8 Å². The van der Waals surface area contributed by atoms with Gasteiger partial charge in [-0.2, -0.15) is 13.2 Å². The van der Waals surface area contributed by atoms with Crippen LogP contribution in [0.4, 0.5) is 17.6 Å². The van der Waals surface area contributed by atoms with Gasteiger partial charge in [0, 0.05) is 24.1 Å². The molecule has 1 aromatic heterocycles. The van der Waals surface area contributed by atoms with Crippen molar-refractivity contribution in [2.24, 2.45) is 4.99 Å². The standard InChI is InChI=1S/C21H20F4N4O4.C4H10O.K/c1-3-26-9-16(30)15(4-5-21(23,24)25)29-18(31)11-27-19(32)17-10-28-20(33-17)13-6-12(2)7-14(22)8-13;1-3-4(2)5;/h1,3,6-8,10,15-16,30H,4-5,11H2,2H3,(H,27,32)(H,29,31);4-5H,3H2,1-2H3;/q-2;;+1. The van der Waals surface area contributed by atoms with Crippen molar-refractivity contribution in [3.63, 3.8) is 0 Å². The number of aliphatic hydroxyl groups is 2. The molecule has 2 amide bonds. The van der Waals surface area contributed by atoms with Crippen molar-refractivity contribution in [2.75, 3.05) is 6.54 Å². The van der Waals surface area contributed by atoms with Gasteiger partial charge < -0.3 is 43.0 Å². The maximum absolute atomic E-state index is 13.5. The number of carbonyl (C=O) groups is 2. The first kappa shape index (κ1) is 37.1. The van der Waals surface area contributed by atoms with Gasteiger partial charge in [-0.05, 0) is 50.5 Å². The number of benzene rings is 1. The summed E-state index contributed by atoms with van der Waals surface area (Å²) in [6, 6.07) is 2.69. The molecule has 0 spiro atoms. The molecule has 4 N–H and O–H groups in total. The van der Waals surface area contributed by atoms with Crippen LogP contribution < -0.4 is 62.0 Å². The maximum atomic E-state index is 13.5. The quantitative estimate of drug-likeness (QED) is 0.131. The minimum absolute atomic E-state index is 0. The second-order valence-electron chi connectivity index (χ2n) is 8.17. The zero-order valence-electron chi connectivity index (χ0n) is 22.1. The number of hydrogen-bond donors (Lipinski definition) is 4. The maximum Gasteiger partial charge on any atom is 1.00 e. The summed E-state index contributed by atoms with van der Waals surface area (Å²) in [6.07, 6.45) is -3.46. The number of aliphatic hydroxyl groups excluding tert-OH is 2.